The zero-order valence-corrected chi connectivity index (χ0v) is 10.2. The average Bonchev–Trinajstić information content (AvgIpc) is 2.36. The molecule has 4 heteroatoms. The number of hydrazine groups is 1. The Balaban J connectivity index is 2.40. The predicted octanol–water partition coefficient (Wildman–Crippen LogP) is 1.78. The molecule has 0 saturated carbocycles. The van der Waals surface area contributed by atoms with Crippen LogP contribution >= 0.6 is 0 Å². The molecule has 0 fully saturated rings. The highest BCUT2D eigenvalue weighted by atomic mass is 16.2. The summed E-state index contributed by atoms with van der Waals surface area (Å²) in [5.41, 5.74) is 0.458. The summed E-state index contributed by atoms with van der Waals surface area (Å²) in [6.07, 6.45) is 1.73. The maximum atomic E-state index is 12.1. The van der Waals surface area contributed by atoms with Gasteiger partial charge in [-0.1, -0.05) is 24.3 Å². The average molecular weight is 229 g/mol. The molecule has 0 saturated heterocycles. The van der Waals surface area contributed by atoms with E-state index in [9.17, 15) is 4.79 Å². The summed E-state index contributed by atoms with van der Waals surface area (Å²) in [6.45, 7) is 0. The lowest BCUT2D eigenvalue weighted by atomic mass is 10.1. The largest absolute Gasteiger partial charge is 0.286 e. The van der Waals surface area contributed by atoms with Crippen LogP contribution < -0.4 is 0 Å². The summed E-state index contributed by atoms with van der Waals surface area (Å²) < 4.78 is 0. The fraction of sp³-hybridized carbons (Fsp3) is 0.231. The lowest BCUT2D eigenvalue weighted by Crippen LogP contribution is -2.38. The Hall–Kier alpha value is -1.94. The van der Waals surface area contributed by atoms with Crippen LogP contribution in [0, 0.1) is 0 Å². The molecule has 0 aliphatic heterocycles. The van der Waals surface area contributed by atoms with E-state index in [4.69, 9.17) is 0 Å². The molecule has 1 amide bonds. The van der Waals surface area contributed by atoms with Gasteiger partial charge in [-0.2, -0.15) is 0 Å². The fourth-order valence-electron chi connectivity index (χ4n) is 1.55. The third kappa shape index (κ3) is 2.26. The van der Waals surface area contributed by atoms with Gasteiger partial charge in [0.05, 0.1) is 0 Å². The normalized spacial score (nSPS) is 10.8. The maximum Gasteiger partial charge on any atom is 0.286 e. The van der Waals surface area contributed by atoms with E-state index < -0.39 is 0 Å². The molecule has 0 aliphatic carbocycles. The second-order valence-corrected chi connectivity index (χ2v) is 4.09. The first-order valence-corrected chi connectivity index (χ1v) is 5.39. The minimum absolute atomic E-state index is 0.110. The van der Waals surface area contributed by atoms with Crippen molar-refractivity contribution in [2.75, 3.05) is 21.1 Å². The number of fused-ring (bicyclic) bond motifs is 1. The minimum Gasteiger partial charge on any atom is -0.274 e. The first-order chi connectivity index (χ1) is 8.09. The Morgan fingerprint density at radius 3 is 2.41 bits per heavy atom. The van der Waals surface area contributed by atoms with Gasteiger partial charge in [-0.3, -0.25) is 14.8 Å². The van der Waals surface area contributed by atoms with E-state index in [0.29, 0.717) is 5.69 Å². The molecule has 88 valence electrons. The number of rotatable bonds is 2. The molecule has 17 heavy (non-hydrogen) atoms. The molecule has 1 aromatic carbocycles. The Bertz CT molecular complexity index is 551. The van der Waals surface area contributed by atoms with Gasteiger partial charge in [0.15, 0.2) is 0 Å². The number of aromatic nitrogens is 1. The smallest absolute Gasteiger partial charge is 0.274 e. The summed E-state index contributed by atoms with van der Waals surface area (Å²) in [7, 11) is 5.36. The van der Waals surface area contributed by atoms with Crippen molar-refractivity contribution in [1.29, 1.82) is 0 Å². The molecular formula is C13H15N3O. The van der Waals surface area contributed by atoms with Crippen LogP contribution in [0.1, 0.15) is 10.5 Å². The van der Waals surface area contributed by atoms with E-state index in [0.717, 1.165) is 10.8 Å². The van der Waals surface area contributed by atoms with Crippen LogP contribution in [0.2, 0.25) is 0 Å². The summed E-state index contributed by atoms with van der Waals surface area (Å²) in [4.78, 5) is 16.2. The highest BCUT2D eigenvalue weighted by Gasteiger charge is 2.14. The highest BCUT2D eigenvalue weighted by molar-refractivity contribution is 5.95. The van der Waals surface area contributed by atoms with Gasteiger partial charge in [0.2, 0.25) is 0 Å². The Morgan fingerprint density at radius 1 is 1.12 bits per heavy atom. The van der Waals surface area contributed by atoms with Crippen molar-refractivity contribution in [1.82, 2.24) is 15.0 Å². The molecule has 0 radical (unpaired) electrons. The first kappa shape index (κ1) is 11.5. The van der Waals surface area contributed by atoms with E-state index in [-0.39, 0.29) is 5.91 Å². The molecule has 1 heterocycles. The van der Waals surface area contributed by atoms with Crippen LogP contribution in [-0.2, 0) is 0 Å². The first-order valence-electron chi connectivity index (χ1n) is 5.39. The zero-order chi connectivity index (χ0) is 12.4. The quantitative estimate of drug-likeness (QED) is 0.736. The molecule has 2 rings (SSSR count). The Labute approximate surface area is 100 Å². The van der Waals surface area contributed by atoms with Gasteiger partial charge in [-0.05, 0) is 11.5 Å². The van der Waals surface area contributed by atoms with Crippen LogP contribution in [-0.4, -0.2) is 42.1 Å². The van der Waals surface area contributed by atoms with E-state index in [1.807, 2.05) is 44.4 Å². The van der Waals surface area contributed by atoms with Gasteiger partial charge < -0.3 is 0 Å². The van der Waals surface area contributed by atoms with E-state index >= 15 is 0 Å². The van der Waals surface area contributed by atoms with E-state index in [1.54, 1.807) is 18.3 Å². The van der Waals surface area contributed by atoms with Gasteiger partial charge in [-0.15, -0.1) is 0 Å². The van der Waals surface area contributed by atoms with E-state index in [1.165, 1.54) is 5.01 Å². The molecule has 0 N–H and O–H groups in total. The topological polar surface area (TPSA) is 36.4 Å². The van der Waals surface area contributed by atoms with Crippen LogP contribution in [0.3, 0.4) is 0 Å². The number of benzene rings is 1. The number of pyridine rings is 1. The standard InChI is InChI=1S/C13H15N3O/c1-15(2)16(3)13(17)12-8-10-6-4-5-7-11(10)9-14-12/h4-9H,1-3H3. The SMILES string of the molecule is CN(C)N(C)C(=O)c1cc2ccccc2cn1. The summed E-state index contributed by atoms with van der Waals surface area (Å²) in [5.74, 6) is -0.110. The van der Waals surface area contributed by atoms with Gasteiger partial charge >= 0.3 is 0 Å². The lowest BCUT2D eigenvalue weighted by molar-refractivity contribution is 0.0336. The Morgan fingerprint density at radius 2 is 1.76 bits per heavy atom. The molecule has 2 aromatic rings. The summed E-state index contributed by atoms with van der Waals surface area (Å²) >= 11 is 0. The van der Waals surface area contributed by atoms with Crippen LogP contribution in [0.4, 0.5) is 0 Å². The molecular weight excluding hydrogens is 214 g/mol. The molecule has 0 spiro atoms. The van der Waals surface area contributed by atoms with Gasteiger partial charge in [0, 0.05) is 32.7 Å². The molecule has 0 unspecified atom stereocenters. The van der Waals surface area contributed by atoms with Crippen molar-refractivity contribution >= 4 is 16.7 Å². The number of hydrogen-bond donors (Lipinski definition) is 0. The third-order valence-electron chi connectivity index (χ3n) is 2.74. The minimum atomic E-state index is -0.110. The van der Waals surface area contributed by atoms with Crippen LogP contribution in [0.25, 0.3) is 10.8 Å². The number of nitrogens with zero attached hydrogens (tertiary/aromatic N) is 3. The molecule has 0 atom stereocenters. The van der Waals surface area contributed by atoms with Crippen molar-refractivity contribution in [2.24, 2.45) is 0 Å². The number of carbonyl (C=O) groups excluding carboxylic acids is 1. The van der Waals surface area contributed by atoms with Crippen molar-refractivity contribution < 1.29 is 4.79 Å². The van der Waals surface area contributed by atoms with Gasteiger partial charge in [0.1, 0.15) is 5.69 Å². The van der Waals surface area contributed by atoms with Crippen molar-refractivity contribution in [3.8, 4) is 0 Å². The number of carbonyl (C=O) groups is 1. The molecule has 0 bridgehead atoms. The highest BCUT2D eigenvalue weighted by Crippen LogP contribution is 2.14. The second kappa shape index (κ2) is 4.51. The predicted molar refractivity (Wildman–Crippen MR) is 67.5 cm³/mol. The summed E-state index contributed by atoms with van der Waals surface area (Å²) in [6, 6.07) is 9.68. The molecule has 0 aliphatic rings. The van der Waals surface area contributed by atoms with Gasteiger partial charge in [-0.25, -0.2) is 5.01 Å². The summed E-state index contributed by atoms with van der Waals surface area (Å²) in [5, 5.41) is 5.31. The third-order valence-corrected chi connectivity index (χ3v) is 2.74. The maximum absolute atomic E-state index is 12.1. The monoisotopic (exact) mass is 229 g/mol. The molecule has 1 aromatic heterocycles. The Kier molecular flexibility index (Phi) is 3.06. The van der Waals surface area contributed by atoms with E-state index in [2.05, 4.69) is 4.98 Å². The van der Waals surface area contributed by atoms with Crippen LogP contribution in [0.15, 0.2) is 36.5 Å². The number of amides is 1. The number of hydrogen-bond acceptors (Lipinski definition) is 3. The van der Waals surface area contributed by atoms with Gasteiger partial charge in [0.25, 0.3) is 5.91 Å². The van der Waals surface area contributed by atoms with Crippen molar-refractivity contribution in [2.45, 2.75) is 0 Å². The zero-order valence-electron chi connectivity index (χ0n) is 10.2. The molecule has 4 nitrogen and oxygen atoms in total. The van der Waals surface area contributed by atoms with Crippen molar-refractivity contribution in [3.05, 3.63) is 42.2 Å². The van der Waals surface area contributed by atoms with Crippen LogP contribution in [0.5, 0.6) is 0 Å². The second-order valence-electron chi connectivity index (χ2n) is 4.09. The fourth-order valence-corrected chi connectivity index (χ4v) is 1.55. The lowest BCUT2D eigenvalue weighted by Gasteiger charge is -2.23. The van der Waals surface area contributed by atoms with Crippen molar-refractivity contribution in [3.63, 3.8) is 0 Å².